The lowest BCUT2D eigenvalue weighted by Crippen LogP contribution is -2.37. The largest absolute Gasteiger partial charge is 0.465 e. The molecule has 1 N–H and O–H groups in total. The first-order valence-corrected chi connectivity index (χ1v) is 8.55. The van der Waals surface area contributed by atoms with Gasteiger partial charge in [0.15, 0.2) is 0 Å². The van der Waals surface area contributed by atoms with Gasteiger partial charge < -0.3 is 9.15 Å². The van der Waals surface area contributed by atoms with Crippen molar-refractivity contribution >= 4 is 10.0 Å². The van der Waals surface area contributed by atoms with Crippen molar-refractivity contribution in [3.63, 3.8) is 0 Å². The molecule has 2 aromatic heterocycles. The Labute approximate surface area is 129 Å². The van der Waals surface area contributed by atoms with E-state index in [-0.39, 0.29) is 17.0 Å². The number of furan rings is 1. The zero-order valence-corrected chi connectivity index (χ0v) is 13.6. The lowest BCUT2D eigenvalue weighted by atomic mass is 10.1. The summed E-state index contributed by atoms with van der Waals surface area (Å²) in [4.78, 5) is 0.181. The second-order valence-electron chi connectivity index (χ2n) is 5.47. The van der Waals surface area contributed by atoms with Crippen LogP contribution in [-0.2, 0) is 21.8 Å². The summed E-state index contributed by atoms with van der Waals surface area (Å²) in [5.74, 6) is 0.963. The molecule has 0 unspecified atom stereocenters. The van der Waals surface area contributed by atoms with Gasteiger partial charge in [-0.25, -0.2) is 13.1 Å². The van der Waals surface area contributed by atoms with Gasteiger partial charge in [0.1, 0.15) is 22.5 Å². The van der Waals surface area contributed by atoms with Crippen LogP contribution in [0.1, 0.15) is 29.7 Å². The summed E-state index contributed by atoms with van der Waals surface area (Å²) in [6.07, 6.45) is 1.95. The van der Waals surface area contributed by atoms with Crippen LogP contribution in [0.3, 0.4) is 0 Å². The van der Waals surface area contributed by atoms with E-state index in [9.17, 15) is 8.42 Å². The topological polar surface area (TPSA) is 86.4 Å². The maximum atomic E-state index is 12.6. The van der Waals surface area contributed by atoms with Gasteiger partial charge in [-0.2, -0.15) is 5.10 Å². The van der Waals surface area contributed by atoms with Gasteiger partial charge in [-0.05, 0) is 32.4 Å². The maximum Gasteiger partial charge on any atom is 0.244 e. The third kappa shape index (κ3) is 2.69. The van der Waals surface area contributed by atoms with Crippen molar-refractivity contribution in [2.45, 2.75) is 37.3 Å². The zero-order valence-electron chi connectivity index (χ0n) is 12.7. The van der Waals surface area contributed by atoms with Crippen LogP contribution in [0.25, 0.3) is 0 Å². The fraction of sp³-hybridized carbons (Fsp3) is 0.500. The second-order valence-corrected chi connectivity index (χ2v) is 7.15. The van der Waals surface area contributed by atoms with Crippen LogP contribution >= 0.6 is 0 Å². The molecule has 1 aliphatic heterocycles. The normalized spacial score (nSPS) is 22.3. The summed E-state index contributed by atoms with van der Waals surface area (Å²) >= 11 is 0. The van der Waals surface area contributed by atoms with Crippen molar-refractivity contribution < 1.29 is 17.6 Å². The number of hydrogen-bond acceptors (Lipinski definition) is 5. The number of nitrogens with zero attached hydrogens (tertiary/aromatic N) is 2. The van der Waals surface area contributed by atoms with Crippen LogP contribution in [0.4, 0.5) is 0 Å². The number of nitrogens with one attached hydrogen (secondary N) is 1. The summed E-state index contributed by atoms with van der Waals surface area (Å²) in [5, 5.41) is 4.11. The molecule has 0 aliphatic carbocycles. The van der Waals surface area contributed by atoms with E-state index >= 15 is 0 Å². The minimum atomic E-state index is -3.64. The van der Waals surface area contributed by atoms with E-state index < -0.39 is 10.0 Å². The van der Waals surface area contributed by atoms with Crippen molar-refractivity contribution in [3.8, 4) is 0 Å². The number of sulfonamides is 1. The fourth-order valence-corrected chi connectivity index (χ4v) is 4.31. The van der Waals surface area contributed by atoms with Gasteiger partial charge in [0.05, 0.1) is 11.7 Å². The van der Waals surface area contributed by atoms with Crippen LogP contribution in [0.5, 0.6) is 0 Å². The van der Waals surface area contributed by atoms with Gasteiger partial charge in [0.2, 0.25) is 10.0 Å². The number of rotatable bonds is 4. The third-order valence-electron chi connectivity index (χ3n) is 3.83. The Morgan fingerprint density at radius 1 is 1.41 bits per heavy atom. The van der Waals surface area contributed by atoms with E-state index in [4.69, 9.17) is 9.15 Å². The van der Waals surface area contributed by atoms with Gasteiger partial charge in [-0.1, -0.05) is 0 Å². The molecule has 0 amide bonds. The Hall–Kier alpha value is -1.64. The van der Waals surface area contributed by atoms with Crippen molar-refractivity contribution in [2.75, 3.05) is 6.61 Å². The molecular weight excluding hydrogens is 306 g/mol. The third-order valence-corrected chi connectivity index (χ3v) is 5.43. The molecule has 0 saturated carbocycles. The minimum absolute atomic E-state index is 0.181. The smallest absolute Gasteiger partial charge is 0.244 e. The summed E-state index contributed by atoms with van der Waals surface area (Å²) in [7, 11) is -1.83. The first-order chi connectivity index (χ1) is 10.4. The van der Waals surface area contributed by atoms with Crippen LogP contribution in [-0.4, -0.2) is 30.8 Å². The van der Waals surface area contributed by atoms with E-state index in [0.717, 1.165) is 5.69 Å². The van der Waals surface area contributed by atoms with E-state index in [1.165, 1.54) is 6.07 Å². The van der Waals surface area contributed by atoms with Crippen LogP contribution in [0.15, 0.2) is 27.6 Å². The molecule has 7 nitrogen and oxygen atoms in total. The minimum Gasteiger partial charge on any atom is -0.465 e. The summed E-state index contributed by atoms with van der Waals surface area (Å²) in [6, 6.07) is 3.05. The number of hydrogen-bond donors (Lipinski definition) is 1. The van der Waals surface area contributed by atoms with E-state index in [1.807, 2.05) is 13.1 Å². The number of ether oxygens (including phenoxy) is 1. The predicted octanol–water partition coefficient (Wildman–Crippen LogP) is 1.44. The van der Waals surface area contributed by atoms with Crippen LogP contribution in [0.2, 0.25) is 0 Å². The quantitative estimate of drug-likeness (QED) is 0.919. The molecule has 8 heteroatoms. The lowest BCUT2D eigenvalue weighted by Gasteiger charge is -2.19. The summed E-state index contributed by atoms with van der Waals surface area (Å²) < 4.78 is 40.6. The lowest BCUT2D eigenvalue weighted by molar-refractivity contribution is 0.0959. The van der Waals surface area contributed by atoms with Gasteiger partial charge in [0, 0.05) is 19.9 Å². The highest BCUT2D eigenvalue weighted by atomic mass is 32.2. The summed E-state index contributed by atoms with van der Waals surface area (Å²) in [5.41, 5.74) is 0.852. The Kier molecular flexibility index (Phi) is 3.84. The van der Waals surface area contributed by atoms with Crippen molar-refractivity contribution in [1.82, 2.24) is 14.5 Å². The highest BCUT2D eigenvalue weighted by molar-refractivity contribution is 7.89. The molecule has 22 heavy (non-hydrogen) atoms. The highest BCUT2D eigenvalue weighted by Gasteiger charge is 2.35. The Morgan fingerprint density at radius 2 is 2.18 bits per heavy atom. The van der Waals surface area contributed by atoms with E-state index in [1.54, 1.807) is 24.7 Å². The van der Waals surface area contributed by atoms with E-state index in [2.05, 4.69) is 9.82 Å². The molecule has 0 aromatic carbocycles. The van der Waals surface area contributed by atoms with E-state index in [0.29, 0.717) is 24.5 Å². The molecule has 1 saturated heterocycles. The standard InChI is InChI=1S/C14H19N3O4S/c1-9-8-13(10(2)21-9)22(18,19)16-11-5-7-20-14(11)12-4-6-15-17(12)3/h4,6,8,11,14,16H,5,7H2,1-3H3/t11-,14-/m0/s1. The Bertz CT molecular complexity index is 778. The molecule has 2 aromatic rings. The molecule has 3 heterocycles. The van der Waals surface area contributed by atoms with Crippen molar-refractivity contribution in [3.05, 3.63) is 35.5 Å². The average Bonchev–Trinajstić information content (AvgIpc) is 3.10. The number of aryl methyl sites for hydroxylation is 3. The van der Waals surface area contributed by atoms with Crippen LogP contribution in [0, 0.1) is 13.8 Å². The molecule has 3 rings (SSSR count). The van der Waals surface area contributed by atoms with Crippen LogP contribution < -0.4 is 4.72 Å². The SMILES string of the molecule is Cc1cc(S(=O)(=O)N[C@H]2CCO[C@@H]2c2ccnn2C)c(C)o1. The average molecular weight is 325 g/mol. The molecule has 120 valence electrons. The molecule has 0 radical (unpaired) electrons. The van der Waals surface area contributed by atoms with Gasteiger partial charge in [-0.3, -0.25) is 4.68 Å². The first-order valence-electron chi connectivity index (χ1n) is 7.07. The monoisotopic (exact) mass is 325 g/mol. The zero-order chi connectivity index (χ0) is 15.9. The second kappa shape index (κ2) is 5.53. The number of aromatic nitrogens is 2. The molecule has 1 aliphatic rings. The van der Waals surface area contributed by atoms with Gasteiger partial charge >= 0.3 is 0 Å². The first kappa shape index (κ1) is 15.3. The molecule has 2 atom stereocenters. The van der Waals surface area contributed by atoms with Gasteiger partial charge in [0.25, 0.3) is 0 Å². The Morgan fingerprint density at radius 3 is 2.77 bits per heavy atom. The molecule has 0 bridgehead atoms. The Balaban J connectivity index is 1.85. The highest BCUT2D eigenvalue weighted by Crippen LogP contribution is 2.30. The fourth-order valence-electron chi connectivity index (χ4n) is 2.80. The van der Waals surface area contributed by atoms with Gasteiger partial charge in [-0.15, -0.1) is 0 Å². The molecule has 1 fully saturated rings. The summed E-state index contributed by atoms with van der Waals surface area (Å²) in [6.45, 7) is 3.88. The van der Waals surface area contributed by atoms with Crippen molar-refractivity contribution in [2.24, 2.45) is 7.05 Å². The predicted molar refractivity (Wildman–Crippen MR) is 78.8 cm³/mol. The molecule has 0 spiro atoms. The maximum absolute atomic E-state index is 12.6. The van der Waals surface area contributed by atoms with Crippen molar-refractivity contribution in [1.29, 1.82) is 0 Å². The molecular formula is C14H19N3O4S.